The SMILES string of the molecule is CCN1C(=O)CC[C@H](C(=O)NCc2ccn(CC)n2)[C@H]1c1nccn1C. The fraction of sp³-hybridized carbons (Fsp3) is 0.556. The van der Waals surface area contributed by atoms with Gasteiger partial charge in [-0.05, 0) is 26.3 Å². The lowest BCUT2D eigenvalue weighted by molar-refractivity contribution is -0.143. The van der Waals surface area contributed by atoms with Crippen molar-refractivity contribution in [3.8, 4) is 0 Å². The van der Waals surface area contributed by atoms with Crippen molar-refractivity contribution in [2.75, 3.05) is 6.54 Å². The molecule has 26 heavy (non-hydrogen) atoms. The maximum absolute atomic E-state index is 12.9. The highest BCUT2D eigenvalue weighted by Gasteiger charge is 2.41. The topological polar surface area (TPSA) is 85.1 Å². The molecule has 0 radical (unpaired) electrons. The molecule has 8 nitrogen and oxygen atoms in total. The van der Waals surface area contributed by atoms with Gasteiger partial charge in [-0.1, -0.05) is 0 Å². The Morgan fingerprint density at radius 3 is 2.73 bits per heavy atom. The van der Waals surface area contributed by atoms with Crippen LogP contribution in [0.1, 0.15) is 44.2 Å². The maximum Gasteiger partial charge on any atom is 0.226 e. The number of imidazole rings is 1. The van der Waals surface area contributed by atoms with Crippen LogP contribution in [0.3, 0.4) is 0 Å². The molecule has 1 aliphatic heterocycles. The van der Waals surface area contributed by atoms with Crippen LogP contribution in [0.4, 0.5) is 0 Å². The number of nitrogens with zero attached hydrogens (tertiary/aromatic N) is 5. The molecule has 1 aliphatic rings. The van der Waals surface area contributed by atoms with E-state index in [1.807, 2.05) is 48.6 Å². The van der Waals surface area contributed by atoms with E-state index in [1.54, 1.807) is 11.1 Å². The molecule has 3 rings (SSSR count). The molecule has 0 aromatic carbocycles. The molecule has 2 aromatic heterocycles. The second kappa shape index (κ2) is 7.72. The first-order valence-corrected chi connectivity index (χ1v) is 9.11. The van der Waals surface area contributed by atoms with Crippen molar-refractivity contribution < 1.29 is 9.59 Å². The van der Waals surface area contributed by atoms with Crippen molar-refractivity contribution in [3.63, 3.8) is 0 Å². The van der Waals surface area contributed by atoms with Crippen molar-refractivity contribution in [1.29, 1.82) is 0 Å². The summed E-state index contributed by atoms with van der Waals surface area (Å²) in [4.78, 5) is 31.5. The fourth-order valence-electron chi connectivity index (χ4n) is 3.56. The summed E-state index contributed by atoms with van der Waals surface area (Å²) < 4.78 is 3.71. The van der Waals surface area contributed by atoms with Crippen LogP contribution in [0.25, 0.3) is 0 Å². The molecule has 3 heterocycles. The largest absolute Gasteiger partial charge is 0.350 e. The van der Waals surface area contributed by atoms with Gasteiger partial charge in [0.25, 0.3) is 0 Å². The van der Waals surface area contributed by atoms with E-state index >= 15 is 0 Å². The number of aromatic nitrogens is 4. The predicted octanol–water partition coefficient (Wildman–Crippen LogP) is 1.25. The summed E-state index contributed by atoms with van der Waals surface area (Å²) in [6, 6.07) is 1.57. The molecule has 2 atom stereocenters. The minimum Gasteiger partial charge on any atom is -0.350 e. The number of hydrogen-bond acceptors (Lipinski definition) is 4. The van der Waals surface area contributed by atoms with Crippen LogP contribution in [-0.2, 0) is 29.7 Å². The molecule has 2 amide bonds. The average Bonchev–Trinajstić information content (AvgIpc) is 3.27. The van der Waals surface area contributed by atoms with E-state index in [0.29, 0.717) is 25.9 Å². The van der Waals surface area contributed by atoms with Gasteiger partial charge in [0.1, 0.15) is 11.9 Å². The van der Waals surface area contributed by atoms with Gasteiger partial charge < -0.3 is 14.8 Å². The molecule has 0 saturated carbocycles. The standard InChI is InChI=1S/C18H26N6O2/c1-4-23-10-8-13(21-23)12-20-18(26)14-6-7-15(25)24(5-2)16(14)17-19-9-11-22(17)3/h8-11,14,16H,4-7,12H2,1-3H3,(H,20,26)/t14-,16-/m0/s1. The van der Waals surface area contributed by atoms with Crippen molar-refractivity contribution >= 4 is 11.8 Å². The number of nitrogens with one attached hydrogen (secondary N) is 1. The van der Waals surface area contributed by atoms with Gasteiger partial charge in [-0.2, -0.15) is 5.10 Å². The third-order valence-corrected chi connectivity index (χ3v) is 4.97. The third-order valence-electron chi connectivity index (χ3n) is 4.97. The van der Waals surface area contributed by atoms with Crippen LogP contribution < -0.4 is 5.32 Å². The lowest BCUT2D eigenvalue weighted by Gasteiger charge is -2.39. The lowest BCUT2D eigenvalue weighted by Crippen LogP contribution is -2.48. The number of carbonyl (C=O) groups is 2. The minimum absolute atomic E-state index is 0.0602. The van der Waals surface area contributed by atoms with Crippen molar-refractivity contribution in [1.82, 2.24) is 29.5 Å². The summed E-state index contributed by atoms with van der Waals surface area (Å²) in [5.74, 6) is 0.443. The van der Waals surface area contributed by atoms with Gasteiger partial charge in [-0.25, -0.2) is 4.98 Å². The number of aryl methyl sites for hydroxylation is 2. The Morgan fingerprint density at radius 2 is 2.12 bits per heavy atom. The number of likely N-dealkylation sites (tertiary alicyclic amines) is 1. The van der Waals surface area contributed by atoms with Crippen molar-refractivity contribution in [2.24, 2.45) is 13.0 Å². The second-order valence-electron chi connectivity index (χ2n) is 6.55. The predicted molar refractivity (Wildman–Crippen MR) is 95.8 cm³/mol. The molecule has 0 bridgehead atoms. The minimum atomic E-state index is -0.338. The van der Waals surface area contributed by atoms with E-state index in [9.17, 15) is 9.59 Å². The van der Waals surface area contributed by atoms with Crippen LogP contribution >= 0.6 is 0 Å². The summed E-state index contributed by atoms with van der Waals surface area (Å²) in [5, 5.41) is 7.38. The number of carbonyl (C=O) groups excluding carboxylic acids is 2. The van der Waals surface area contributed by atoms with E-state index in [2.05, 4.69) is 15.4 Å². The van der Waals surface area contributed by atoms with Gasteiger partial charge in [0.05, 0.1) is 18.2 Å². The Labute approximate surface area is 153 Å². The van der Waals surface area contributed by atoms with Crippen molar-refractivity contribution in [3.05, 3.63) is 36.2 Å². The Balaban J connectivity index is 1.77. The van der Waals surface area contributed by atoms with Crippen LogP contribution in [0.2, 0.25) is 0 Å². The zero-order valence-electron chi connectivity index (χ0n) is 15.6. The normalized spacial score (nSPS) is 20.4. The summed E-state index contributed by atoms with van der Waals surface area (Å²) >= 11 is 0. The van der Waals surface area contributed by atoms with E-state index in [0.717, 1.165) is 18.1 Å². The number of rotatable bonds is 6. The van der Waals surface area contributed by atoms with E-state index < -0.39 is 0 Å². The first kappa shape index (κ1) is 18.2. The Kier molecular flexibility index (Phi) is 5.39. The monoisotopic (exact) mass is 358 g/mol. The maximum atomic E-state index is 12.9. The number of piperidine rings is 1. The van der Waals surface area contributed by atoms with E-state index in [-0.39, 0.29) is 23.8 Å². The molecular weight excluding hydrogens is 332 g/mol. The zero-order valence-corrected chi connectivity index (χ0v) is 15.6. The van der Waals surface area contributed by atoms with Crippen LogP contribution in [0.15, 0.2) is 24.7 Å². The van der Waals surface area contributed by atoms with Gasteiger partial charge in [-0.15, -0.1) is 0 Å². The molecule has 8 heteroatoms. The second-order valence-corrected chi connectivity index (χ2v) is 6.55. The first-order valence-electron chi connectivity index (χ1n) is 9.11. The molecule has 1 fully saturated rings. The molecular formula is C18H26N6O2. The highest BCUT2D eigenvalue weighted by molar-refractivity contribution is 5.84. The molecule has 1 saturated heterocycles. The summed E-state index contributed by atoms with van der Waals surface area (Å²) in [6.07, 6.45) is 6.36. The van der Waals surface area contributed by atoms with Gasteiger partial charge >= 0.3 is 0 Å². The molecule has 2 aromatic rings. The summed E-state index contributed by atoms with van der Waals surface area (Å²) in [5.41, 5.74) is 0.827. The van der Waals surface area contributed by atoms with Gasteiger partial charge in [0.15, 0.2) is 0 Å². The van der Waals surface area contributed by atoms with Crippen LogP contribution in [-0.4, -0.2) is 42.6 Å². The fourth-order valence-corrected chi connectivity index (χ4v) is 3.56. The molecule has 1 N–H and O–H groups in total. The summed E-state index contributed by atoms with van der Waals surface area (Å²) in [6.45, 7) is 5.69. The summed E-state index contributed by atoms with van der Waals surface area (Å²) in [7, 11) is 1.89. The van der Waals surface area contributed by atoms with Gasteiger partial charge in [0, 0.05) is 45.1 Å². The van der Waals surface area contributed by atoms with Crippen LogP contribution in [0.5, 0.6) is 0 Å². The molecule has 140 valence electrons. The Morgan fingerprint density at radius 1 is 1.31 bits per heavy atom. The van der Waals surface area contributed by atoms with E-state index in [4.69, 9.17) is 0 Å². The van der Waals surface area contributed by atoms with Crippen LogP contribution in [0, 0.1) is 5.92 Å². The molecule has 0 spiro atoms. The Hall–Kier alpha value is -2.64. The average molecular weight is 358 g/mol. The van der Waals surface area contributed by atoms with E-state index in [1.165, 1.54) is 0 Å². The molecule has 0 aliphatic carbocycles. The first-order chi connectivity index (χ1) is 12.5. The van der Waals surface area contributed by atoms with Gasteiger partial charge in [0.2, 0.25) is 11.8 Å². The Bertz CT molecular complexity index is 780. The van der Waals surface area contributed by atoms with Crippen molar-refractivity contribution in [2.45, 2.75) is 45.8 Å². The third kappa shape index (κ3) is 3.49. The highest BCUT2D eigenvalue weighted by Crippen LogP contribution is 2.35. The smallest absolute Gasteiger partial charge is 0.226 e. The zero-order chi connectivity index (χ0) is 18.7. The van der Waals surface area contributed by atoms with Gasteiger partial charge in [-0.3, -0.25) is 14.3 Å². The number of hydrogen-bond donors (Lipinski definition) is 1. The number of amides is 2. The highest BCUT2D eigenvalue weighted by atomic mass is 16.2. The quantitative estimate of drug-likeness (QED) is 0.842. The lowest BCUT2D eigenvalue weighted by atomic mass is 9.87. The molecule has 0 unspecified atom stereocenters.